The first-order valence-electron chi connectivity index (χ1n) is 6.79. The molecule has 19 heavy (non-hydrogen) atoms. The molecule has 1 amide bonds. The Morgan fingerprint density at radius 2 is 2.00 bits per heavy atom. The van der Waals surface area contributed by atoms with Crippen molar-refractivity contribution in [2.24, 2.45) is 11.7 Å². The van der Waals surface area contributed by atoms with E-state index in [1.165, 1.54) is 13.8 Å². The maximum atomic E-state index is 12.3. The highest BCUT2D eigenvalue weighted by molar-refractivity contribution is 7.92. The summed E-state index contributed by atoms with van der Waals surface area (Å²) >= 11 is 0. The monoisotopic (exact) mass is 290 g/mol. The topological polar surface area (TPSA) is 89.3 Å². The Morgan fingerprint density at radius 3 is 2.42 bits per heavy atom. The number of nitrogens with one attached hydrogen (secondary N) is 1. The van der Waals surface area contributed by atoms with Gasteiger partial charge in [0.1, 0.15) is 4.75 Å². The van der Waals surface area contributed by atoms with Gasteiger partial charge >= 0.3 is 0 Å². The second-order valence-corrected chi connectivity index (χ2v) is 8.81. The fourth-order valence-electron chi connectivity index (χ4n) is 2.50. The smallest absolute Gasteiger partial charge is 0.241 e. The van der Waals surface area contributed by atoms with E-state index in [4.69, 9.17) is 5.73 Å². The van der Waals surface area contributed by atoms with Crippen molar-refractivity contribution in [1.82, 2.24) is 5.32 Å². The van der Waals surface area contributed by atoms with Crippen LogP contribution in [0.25, 0.3) is 0 Å². The molecule has 1 rings (SSSR count). The van der Waals surface area contributed by atoms with Crippen molar-refractivity contribution in [1.29, 1.82) is 0 Å². The summed E-state index contributed by atoms with van der Waals surface area (Å²) in [5.74, 6) is -0.181. The molecule has 0 aromatic carbocycles. The number of nitrogens with two attached hydrogens (primary N) is 1. The van der Waals surface area contributed by atoms with Crippen LogP contribution in [0.1, 0.15) is 46.5 Å². The van der Waals surface area contributed by atoms with Crippen LogP contribution in [0.15, 0.2) is 0 Å². The molecule has 0 heterocycles. The minimum absolute atomic E-state index is 0.269. The molecule has 1 fully saturated rings. The quantitative estimate of drug-likeness (QED) is 0.802. The molecule has 0 bridgehead atoms. The highest BCUT2D eigenvalue weighted by Crippen LogP contribution is 2.33. The first-order valence-corrected chi connectivity index (χ1v) is 8.68. The van der Waals surface area contributed by atoms with Gasteiger partial charge in [0.15, 0.2) is 9.84 Å². The summed E-state index contributed by atoms with van der Waals surface area (Å²) in [5, 5.41) is 2.94. The Hall–Kier alpha value is -0.620. The highest BCUT2D eigenvalue weighted by Gasteiger charge is 2.45. The van der Waals surface area contributed by atoms with Gasteiger partial charge in [0.25, 0.3) is 0 Å². The molecule has 0 radical (unpaired) electrons. The molecular weight excluding hydrogens is 264 g/mol. The number of carbonyl (C=O) groups excluding carboxylic acids is 1. The molecule has 3 N–H and O–H groups in total. The zero-order valence-electron chi connectivity index (χ0n) is 12.3. The Kier molecular flexibility index (Phi) is 4.67. The van der Waals surface area contributed by atoms with Crippen LogP contribution in [0.5, 0.6) is 0 Å². The van der Waals surface area contributed by atoms with E-state index in [-0.39, 0.29) is 5.92 Å². The van der Waals surface area contributed by atoms with Gasteiger partial charge in [-0.25, -0.2) is 8.42 Å². The second-order valence-electron chi connectivity index (χ2n) is 6.24. The fourth-order valence-corrected chi connectivity index (χ4v) is 2.89. The number of hydrogen-bond acceptors (Lipinski definition) is 4. The van der Waals surface area contributed by atoms with Gasteiger partial charge in [-0.1, -0.05) is 19.8 Å². The molecule has 0 saturated heterocycles. The average Bonchev–Trinajstić information content (AvgIpc) is 2.30. The summed E-state index contributed by atoms with van der Waals surface area (Å²) < 4.78 is 22.0. The summed E-state index contributed by atoms with van der Waals surface area (Å²) in [5.41, 5.74) is 5.40. The van der Waals surface area contributed by atoms with Gasteiger partial charge in [-0.3, -0.25) is 4.79 Å². The van der Waals surface area contributed by atoms with Crippen molar-refractivity contribution < 1.29 is 13.2 Å². The SMILES string of the molecule is CC1CCCCC1(CN)NC(=O)C(C)(C)S(C)(=O)=O. The highest BCUT2D eigenvalue weighted by atomic mass is 32.2. The van der Waals surface area contributed by atoms with Gasteiger partial charge < -0.3 is 11.1 Å². The Balaban J connectivity index is 2.96. The molecular formula is C13H26N2O3S. The molecule has 5 nitrogen and oxygen atoms in total. The zero-order chi connectivity index (χ0) is 14.9. The molecule has 0 aliphatic heterocycles. The molecule has 1 aliphatic carbocycles. The molecule has 2 unspecified atom stereocenters. The van der Waals surface area contributed by atoms with E-state index < -0.39 is 26.0 Å². The third-order valence-corrected chi connectivity index (χ3v) is 6.69. The summed E-state index contributed by atoms with van der Waals surface area (Å²) in [6.45, 7) is 5.30. The zero-order valence-corrected chi connectivity index (χ0v) is 13.1. The molecule has 1 aliphatic rings. The van der Waals surface area contributed by atoms with E-state index in [1.807, 2.05) is 0 Å². The molecule has 0 spiro atoms. The van der Waals surface area contributed by atoms with E-state index in [0.29, 0.717) is 6.54 Å². The maximum absolute atomic E-state index is 12.3. The van der Waals surface area contributed by atoms with Crippen molar-refractivity contribution in [3.05, 3.63) is 0 Å². The van der Waals surface area contributed by atoms with Crippen molar-refractivity contribution in [2.45, 2.75) is 56.7 Å². The van der Waals surface area contributed by atoms with Gasteiger partial charge in [0.05, 0.1) is 5.54 Å². The van der Waals surface area contributed by atoms with Crippen LogP contribution < -0.4 is 11.1 Å². The van der Waals surface area contributed by atoms with Crippen molar-refractivity contribution >= 4 is 15.7 Å². The summed E-state index contributed by atoms with van der Waals surface area (Å²) in [6, 6.07) is 0. The van der Waals surface area contributed by atoms with Crippen molar-refractivity contribution in [2.75, 3.05) is 12.8 Å². The molecule has 6 heteroatoms. The van der Waals surface area contributed by atoms with Crippen LogP contribution >= 0.6 is 0 Å². The summed E-state index contributed by atoms with van der Waals surface area (Å²) in [4.78, 5) is 12.3. The van der Waals surface area contributed by atoms with Crippen LogP contribution in [0.2, 0.25) is 0 Å². The number of carbonyl (C=O) groups is 1. The van der Waals surface area contributed by atoms with E-state index in [9.17, 15) is 13.2 Å². The minimum atomic E-state index is -3.46. The lowest BCUT2D eigenvalue weighted by Gasteiger charge is -2.44. The molecule has 112 valence electrons. The van der Waals surface area contributed by atoms with Gasteiger partial charge in [0, 0.05) is 12.8 Å². The lowest BCUT2D eigenvalue weighted by Crippen LogP contribution is -2.63. The standard InChI is InChI=1S/C13H26N2O3S/c1-10-7-5-6-8-13(10,9-14)15-11(16)12(2,3)19(4,17)18/h10H,5-9,14H2,1-4H3,(H,15,16). The summed E-state index contributed by atoms with van der Waals surface area (Å²) in [7, 11) is -3.46. The first-order chi connectivity index (χ1) is 8.57. The number of sulfone groups is 1. The number of hydrogen-bond donors (Lipinski definition) is 2. The van der Waals surface area contributed by atoms with Crippen molar-refractivity contribution in [3.8, 4) is 0 Å². The van der Waals surface area contributed by atoms with Crippen LogP contribution in [-0.2, 0) is 14.6 Å². The normalized spacial score (nSPS) is 29.0. The van der Waals surface area contributed by atoms with E-state index in [0.717, 1.165) is 31.9 Å². The number of rotatable bonds is 4. The van der Waals surface area contributed by atoms with Crippen LogP contribution in [-0.4, -0.2) is 37.4 Å². The van der Waals surface area contributed by atoms with E-state index in [2.05, 4.69) is 12.2 Å². The predicted octanol–water partition coefficient (Wildman–Crippen LogP) is 0.833. The average molecular weight is 290 g/mol. The van der Waals surface area contributed by atoms with Gasteiger partial charge in [-0.05, 0) is 32.6 Å². The molecule has 0 aromatic heterocycles. The van der Waals surface area contributed by atoms with Gasteiger partial charge in [0.2, 0.25) is 5.91 Å². The molecule has 1 saturated carbocycles. The largest absolute Gasteiger partial charge is 0.348 e. The fraction of sp³-hybridized carbons (Fsp3) is 0.923. The Morgan fingerprint density at radius 1 is 1.42 bits per heavy atom. The molecule has 2 atom stereocenters. The van der Waals surface area contributed by atoms with Gasteiger partial charge in [-0.15, -0.1) is 0 Å². The Bertz CT molecular complexity index is 445. The Labute approximate surface area is 116 Å². The summed E-state index contributed by atoms with van der Waals surface area (Å²) in [6.07, 6.45) is 5.06. The molecule has 0 aromatic rings. The van der Waals surface area contributed by atoms with Gasteiger partial charge in [-0.2, -0.15) is 0 Å². The third-order valence-electron chi connectivity index (χ3n) is 4.65. The second kappa shape index (κ2) is 5.40. The van der Waals surface area contributed by atoms with E-state index >= 15 is 0 Å². The maximum Gasteiger partial charge on any atom is 0.241 e. The first kappa shape index (κ1) is 16.4. The van der Waals surface area contributed by atoms with Crippen LogP contribution in [0, 0.1) is 5.92 Å². The predicted molar refractivity (Wildman–Crippen MR) is 76.5 cm³/mol. The lowest BCUT2D eigenvalue weighted by molar-refractivity contribution is -0.125. The van der Waals surface area contributed by atoms with E-state index in [1.54, 1.807) is 0 Å². The van der Waals surface area contributed by atoms with Crippen molar-refractivity contribution in [3.63, 3.8) is 0 Å². The number of amides is 1. The third kappa shape index (κ3) is 3.11. The lowest BCUT2D eigenvalue weighted by atomic mass is 9.73. The van der Waals surface area contributed by atoms with Crippen LogP contribution in [0.3, 0.4) is 0 Å². The minimum Gasteiger partial charge on any atom is -0.348 e. The van der Waals surface area contributed by atoms with Crippen LogP contribution in [0.4, 0.5) is 0 Å².